The third kappa shape index (κ3) is 42.9. The highest BCUT2D eigenvalue weighted by atomic mass is 16.7. The van der Waals surface area contributed by atoms with Crippen molar-refractivity contribution in [3.63, 3.8) is 0 Å². The molecule has 14 heteroatoms. The fraction of sp³-hybridized carbons (Fsp3) is 0.800. The summed E-state index contributed by atoms with van der Waals surface area (Å²) in [5.74, 6) is -0.248. The number of carbonyl (C=O) groups excluding carboxylic acids is 1. The lowest BCUT2D eigenvalue weighted by Gasteiger charge is -2.46. The van der Waals surface area contributed by atoms with Crippen LogP contribution in [-0.2, 0) is 23.7 Å². The Morgan fingerprint density at radius 3 is 1.19 bits per heavy atom. The molecule has 2 saturated heterocycles. The topological polar surface area (TPSA) is 228 Å². The van der Waals surface area contributed by atoms with E-state index in [1.807, 2.05) is 6.08 Å². The van der Waals surface area contributed by atoms with E-state index < -0.39 is 86.8 Å². The van der Waals surface area contributed by atoms with Crippen LogP contribution in [0.25, 0.3) is 0 Å². The molecule has 12 atom stereocenters. The maximum absolute atomic E-state index is 13.3. The number of ether oxygens (including phenoxy) is 4. The summed E-state index contributed by atoms with van der Waals surface area (Å²) in [6.07, 6.45) is 64.9. The maximum Gasteiger partial charge on any atom is 0.220 e. The first-order valence-electron chi connectivity index (χ1n) is 36.3. The van der Waals surface area contributed by atoms with Gasteiger partial charge in [-0.25, -0.2) is 0 Å². The molecule has 14 nitrogen and oxygen atoms in total. The molecule has 0 saturated carbocycles. The van der Waals surface area contributed by atoms with Crippen LogP contribution in [0, 0.1) is 0 Å². The fourth-order valence-corrected chi connectivity index (χ4v) is 11.6. The second kappa shape index (κ2) is 59.0. The van der Waals surface area contributed by atoms with Gasteiger partial charge in [0.25, 0.3) is 0 Å². The van der Waals surface area contributed by atoms with E-state index in [2.05, 4.69) is 92.1 Å². The second-order valence-electron chi connectivity index (χ2n) is 25.3. The van der Waals surface area contributed by atoms with Crippen LogP contribution in [0.3, 0.4) is 0 Å². The molecular weight excluding hydrogens is 1120 g/mol. The van der Waals surface area contributed by atoms with Gasteiger partial charge in [0.1, 0.15) is 48.8 Å². The molecule has 2 heterocycles. The summed E-state index contributed by atoms with van der Waals surface area (Å²) in [4.78, 5) is 13.3. The lowest BCUT2D eigenvalue weighted by atomic mass is 9.97. The van der Waals surface area contributed by atoms with Crippen molar-refractivity contribution in [2.24, 2.45) is 0 Å². The number of amides is 1. The lowest BCUT2D eigenvalue weighted by Crippen LogP contribution is -2.65. The highest BCUT2D eigenvalue weighted by Gasteiger charge is 2.51. The van der Waals surface area contributed by atoms with E-state index in [4.69, 9.17) is 18.9 Å². The van der Waals surface area contributed by atoms with Crippen LogP contribution in [0.5, 0.6) is 0 Å². The van der Waals surface area contributed by atoms with Crippen molar-refractivity contribution in [3.05, 3.63) is 85.1 Å². The van der Waals surface area contributed by atoms with Gasteiger partial charge >= 0.3 is 0 Å². The molecule has 0 bridgehead atoms. The Morgan fingerprint density at radius 1 is 0.416 bits per heavy atom. The Kier molecular flexibility index (Phi) is 54.5. The molecule has 0 aromatic heterocycles. The molecule has 2 aliphatic heterocycles. The Bertz CT molecular complexity index is 1820. The number of hydrogen-bond donors (Lipinski definition) is 9. The molecular formula is C75H133NO13. The van der Waals surface area contributed by atoms with Gasteiger partial charge in [0.2, 0.25) is 5.91 Å². The van der Waals surface area contributed by atoms with Crippen molar-refractivity contribution in [2.75, 3.05) is 19.8 Å². The van der Waals surface area contributed by atoms with Crippen molar-refractivity contribution in [2.45, 2.75) is 364 Å². The maximum atomic E-state index is 13.3. The third-order valence-corrected chi connectivity index (χ3v) is 17.3. The van der Waals surface area contributed by atoms with E-state index >= 15 is 0 Å². The predicted octanol–water partition coefficient (Wildman–Crippen LogP) is 15.2. The summed E-state index contributed by atoms with van der Waals surface area (Å²) in [5, 5.41) is 87.5. The molecule has 12 unspecified atom stereocenters. The first-order valence-corrected chi connectivity index (χ1v) is 36.3. The van der Waals surface area contributed by atoms with Crippen LogP contribution in [-0.4, -0.2) is 140 Å². The number of hydrogen-bond acceptors (Lipinski definition) is 13. The summed E-state index contributed by atoms with van der Waals surface area (Å²) >= 11 is 0. The number of aliphatic hydroxyl groups excluding tert-OH is 8. The van der Waals surface area contributed by atoms with E-state index in [9.17, 15) is 45.6 Å². The monoisotopic (exact) mass is 1260 g/mol. The molecule has 2 aliphatic rings. The number of allylic oxidation sites excluding steroid dienone is 13. The smallest absolute Gasteiger partial charge is 0.220 e. The average Bonchev–Trinajstić information content (AvgIpc) is 2.75. The normalized spacial score (nSPS) is 23.5. The zero-order valence-electron chi connectivity index (χ0n) is 56.2. The first kappa shape index (κ1) is 82.3. The number of carbonyl (C=O) groups is 1. The van der Waals surface area contributed by atoms with Crippen LogP contribution in [0.1, 0.15) is 290 Å². The number of rotatable bonds is 59. The van der Waals surface area contributed by atoms with E-state index in [1.54, 1.807) is 6.08 Å². The van der Waals surface area contributed by atoms with Crippen molar-refractivity contribution < 1.29 is 64.6 Å². The lowest BCUT2D eigenvalue weighted by molar-refractivity contribution is -0.359. The molecule has 0 aliphatic carbocycles. The minimum atomic E-state index is -1.79. The molecule has 0 aromatic carbocycles. The van der Waals surface area contributed by atoms with Gasteiger partial charge in [0.05, 0.1) is 32.0 Å². The fourth-order valence-electron chi connectivity index (χ4n) is 11.6. The molecule has 0 radical (unpaired) electrons. The van der Waals surface area contributed by atoms with Gasteiger partial charge in [-0.2, -0.15) is 0 Å². The van der Waals surface area contributed by atoms with Crippen LogP contribution in [0.2, 0.25) is 0 Å². The molecule has 2 rings (SSSR count). The molecule has 516 valence electrons. The van der Waals surface area contributed by atoms with Gasteiger partial charge in [0, 0.05) is 6.42 Å². The van der Waals surface area contributed by atoms with Gasteiger partial charge in [-0.3, -0.25) is 4.79 Å². The summed E-state index contributed by atoms with van der Waals surface area (Å²) in [5.41, 5.74) is 0. The van der Waals surface area contributed by atoms with Crippen molar-refractivity contribution in [3.8, 4) is 0 Å². The van der Waals surface area contributed by atoms with E-state index in [1.165, 1.54) is 173 Å². The SMILES string of the molecule is CC/C=C\C/C=C\C/C=C\C/C=C\C/C=C\C/C=C\CCCCCCCCCCC(=O)NC(COC1OC(CO)C(OC2OC(CO)C(O)C(O)C2O)C(O)C1O)C(O)/C=C/CCCCCCCCCCCCCCCCCCCCCCCCCCCC. The number of aliphatic hydroxyl groups is 8. The van der Waals surface area contributed by atoms with Crippen molar-refractivity contribution in [1.82, 2.24) is 5.32 Å². The zero-order chi connectivity index (χ0) is 64.5. The summed E-state index contributed by atoms with van der Waals surface area (Å²) < 4.78 is 22.9. The molecule has 0 spiro atoms. The van der Waals surface area contributed by atoms with E-state index in [0.29, 0.717) is 6.42 Å². The standard InChI is InChI=1S/C75H133NO13/c1-3-5-7-9-11-13-15-17-19-21-23-25-27-29-31-33-34-36-38-40-42-44-46-48-50-52-54-56-58-64(79)63(62-86-74-72(85)70(83)73(66(61-78)88-74)89-75-71(84)69(82)68(81)65(60-77)87-75)76-67(80)59-57-55-53-51-49-47-45-43-41-39-37-35-32-30-28-26-24-22-20-18-16-14-12-10-8-6-4-2/h6,8,12,14,18,20,24,26,30,32,37,39,56,58,63-66,68-75,77-79,81-85H,3-5,7,9-11,13,15-17,19,21-23,25,27-29,31,33-36,38,40-55,57,59-62H2,1-2H3,(H,76,80)/b8-6-,14-12-,20-18-,26-24-,32-30-,39-37-,58-56+. The van der Waals surface area contributed by atoms with Crippen LogP contribution in [0.15, 0.2) is 85.1 Å². The van der Waals surface area contributed by atoms with E-state index in [0.717, 1.165) is 89.9 Å². The summed E-state index contributed by atoms with van der Waals surface area (Å²) in [7, 11) is 0. The van der Waals surface area contributed by atoms with Gasteiger partial charge < -0.3 is 65.1 Å². The Labute approximate surface area is 541 Å². The number of nitrogens with one attached hydrogen (secondary N) is 1. The Hall–Kier alpha value is -2.83. The first-order chi connectivity index (χ1) is 43.6. The largest absolute Gasteiger partial charge is 0.394 e. The number of unbranched alkanes of at least 4 members (excludes halogenated alkanes) is 34. The quantitative estimate of drug-likeness (QED) is 0.0204. The Morgan fingerprint density at radius 2 is 0.775 bits per heavy atom. The molecule has 0 aromatic rings. The zero-order valence-corrected chi connectivity index (χ0v) is 56.2. The van der Waals surface area contributed by atoms with Gasteiger partial charge in [0.15, 0.2) is 12.6 Å². The van der Waals surface area contributed by atoms with Gasteiger partial charge in [-0.1, -0.05) is 298 Å². The summed E-state index contributed by atoms with van der Waals surface area (Å²) in [6.45, 7) is 2.71. The third-order valence-electron chi connectivity index (χ3n) is 17.3. The minimum Gasteiger partial charge on any atom is -0.394 e. The summed E-state index contributed by atoms with van der Waals surface area (Å²) in [6, 6.07) is -0.927. The van der Waals surface area contributed by atoms with Gasteiger partial charge in [-0.15, -0.1) is 0 Å². The predicted molar refractivity (Wildman–Crippen MR) is 364 cm³/mol. The van der Waals surface area contributed by atoms with E-state index in [-0.39, 0.29) is 18.9 Å². The second-order valence-corrected chi connectivity index (χ2v) is 25.3. The van der Waals surface area contributed by atoms with Crippen molar-refractivity contribution >= 4 is 5.91 Å². The highest BCUT2D eigenvalue weighted by Crippen LogP contribution is 2.30. The van der Waals surface area contributed by atoms with Gasteiger partial charge in [-0.05, 0) is 70.6 Å². The Balaban J connectivity index is 1.69. The van der Waals surface area contributed by atoms with Crippen LogP contribution in [0.4, 0.5) is 0 Å². The molecule has 89 heavy (non-hydrogen) atoms. The van der Waals surface area contributed by atoms with Crippen LogP contribution >= 0.6 is 0 Å². The van der Waals surface area contributed by atoms with Crippen LogP contribution < -0.4 is 5.32 Å². The minimum absolute atomic E-state index is 0.248. The van der Waals surface area contributed by atoms with Crippen molar-refractivity contribution in [1.29, 1.82) is 0 Å². The molecule has 1 amide bonds. The molecule has 2 fully saturated rings. The average molecular weight is 1260 g/mol. The highest BCUT2D eigenvalue weighted by molar-refractivity contribution is 5.76. The molecule has 9 N–H and O–H groups in total.